The molecule has 0 radical (unpaired) electrons. The molecule has 0 atom stereocenters. The number of benzene rings is 2. The standard InChI is InChI=1S/C21H21F2N3O2/c22-17-6-8-18(9-7-17)24-20(27)15-25-11-13-26(14-12-25)21(28)10-5-16-3-1-2-4-19(16)23/h1-10H,11-15H2,(H,24,27)/b10-5+. The average molecular weight is 385 g/mol. The van der Waals surface area contributed by atoms with Gasteiger partial charge in [0, 0.05) is 43.5 Å². The number of carbonyl (C=O) groups excluding carboxylic acids is 2. The molecule has 1 fully saturated rings. The van der Waals surface area contributed by atoms with Crippen molar-refractivity contribution in [3.8, 4) is 0 Å². The molecule has 28 heavy (non-hydrogen) atoms. The lowest BCUT2D eigenvalue weighted by Crippen LogP contribution is -2.50. The highest BCUT2D eigenvalue weighted by molar-refractivity contribution is 5.93. The smallest absolute Gasteiger partial charge is 0.246 e. The predicted molar refractivity (Wildman–Crippen MR) is 103 cm³/mol. The van der Waals surface area contributed by atoms with Crippen LogP contribution in [0.15, 0.2) is 54.6 Å². The van der Waals surface area contributed by atoms with Gasteiger partial charge >= 0.3 is 0 Å². The van der Waals surface area contributed by atoms with Crippen LogP contribution in [-0.2, 0) is 9.59 Å². The molecule has 7 heteroatoms. The Balaban J connectivity index is 1.45. The van der Waals surface area contributed by atoms with E-state index in [4.69, 9.17) is 0 Å². The molecule has 2 aromatic rings. The second-order valence-electron chi connectivity index (χ2n) is 6.51. The highest BCUT2D eigenvalue weighted by atomic mass is 19.1. The summed E-state index contributed by atoms with van der Waals surface area (Å²) in [5.41, 5.74) is 0.908. The van der Waals surface area contributed by atoms with Crippen LogP contribution in [-0.4, -0.2) is 54.3 Å². The summed E-state index contributed by atoms with van der Waals surface area (Å²) in [5.74, 6) is -1.10. The summed E-state index contributed by atoms with van der Waals surface area (Å²) in [6.45, 7) is 2.31. The van der Waals surface area contributed by atoms with Crippen LogP contribution >= 0.6 is 0 Å². The Labute approximate surface area is 162 Å². The largest absolute Gasteiger partial charge is 0.337 e. The number of rotatable bonds is 5. The highest BCUT2D eigenvalue weighted by Crippen LogP contribution is 2.11. The van der Waals surface area contributed by atoms with Gasteiger partial charge in [-0.05, 0) is 36.4 Å². The third-order valence-electron chi connectivity index (χ3n) is 4.49. The van der Waals surface area contributed by atoms with E-state index in [1.165, 1.54) is 42.5 Å². The molecular formula is C21H21F2N3O2. The number of halogens is 2. The number of carbonyl (C=O) groups is 2. The second kappa shape index (κ2) is 9.23. The zero-order valence-electron chi connectivity index (χ0n) is 15.3. The van der Waals surface area contributed by atoms with Crippen LogP contribution < -0.4 is 5.32 Å². The van der Waals surface area contributed by atoms with Gasteiger partial charge in [0.15, 0.2) is 0 Å². The van der Waals surface area contributed by atoms with Gasteiger partial charge in [-0.25, -0.2) is 8.78 Å². The van der Waals surface area contributed by atoms with E-state index in [9.17, 15) is 18.4 Å². The Hall–Kier alpha value is -3.06. The first kappa shape index (κ1) is 19.7. The van der Waals surface area contributed by atoms with Gasteiger partial charge < -0.3 is 10.2 Å². The number of piperazine rings is 1. The van der Waals surface area contributed by atoms with Gasteiger partial charge in [0.25, 0.3) is 0 Å². The number of nitrogens with one attached hydrogen (secondary N) is 1. The Morgan fingerprint density at radius 3 is 2.32 bits per heavy atom. The molecular weight excluding hydrogens is 364 g/mol. The van der Waals surface area contributed by atoms with Crippen molar-refractivity contribution in [1.29, 1.82) is 0 Å². The van der Waals surface area contributed by atoms with E-state index in [1.54, 1.807) is 23.1 Å². The minimum atomic E-state index is -0.372. The van der Waals surface area contributed by atoms with Crippen LogP contribution in [0.25, 0.3) is 6.08 Å². The van der Waals surface area contributed by atoms with Crippen LogP contribution in [0.2, 0.25) is 0 Å². The summed E-state index contributed by atoms with van der Waals surface area (Å²) < 4.78 is 26.5. The summed E-state index contributed by atoms with van der Waals surface area (Å²) >= 11 is 0. The van der Waals surface area contributed by atoms with E-state index in [1.807, 2.05) is 4.90 Å². The summed E-state index contributed by atoms with van der Waals surface area (Å²) in [5, 5.41) is 2.72. The molecule has 0 bridgehead atoms. The maximum atomic E-state index is 13.6. The molecule has 2 aromatic carbocycles. The van der Waals surface area contributed by atoms with Crippen LogP contribution in [0, 0.1) is 11.6 Å². The minimum absolute atomic E-state index is 0.182. The summed E-state index contributed by atoms with van der Waals surface area (Å²) in [6.07, 6.45) is 2.84. The molecule has 0 saturated carbocycles. The van der Waals surface area contributed by atoms with Gasteiger partial charge in [-0.1, -0.05) is 18.2 Å². The topological polar surface area (TPSA) is 52.7 Å². The van der Waals surface area contributed by atoms with Gasteiger partial charge in [0.2, 0.25) is 11.8 Å². The lowest BCUT2D eigenvalue weighted by atomic mass is 10.2. The van der Waals surface area contributed by atoms with E-state index in [2.05, 4.69) is 5.32 Å². The van der Waals surface area contributed by atoms with Crippen LogP contribution in [0.3, 0.4) is 0 Å². The minimum Gasteiger partial charge on any atom is -0.337 e. The van der Waals surface area contributed by atoms with Crippen molar-refractivity contribution in [3.63, 3.8) is 0 Å². The summed E-state index contributed by atoms with van der Waals surface area (Å²) in [4.78, 5) is 28.0. The van der Waals surface area contributed by atoms with Crippen molar-refractivity contribution < 1.29 is 18.4 Å². The zero-order valence-corrected chi connectivity index (χ0v) is 15.3. The summed E-state index contributed by atoms with van der Waals surface area (Å²) in [6, 6.07) is 11.8. The molecule has 146 valence electrons. The molecule has 1 aliphatic rings. The third-order valence-corrected chi connectivity index (χ3v) is 4.49. The number of nitrogens with zero attached hydrogens (tertiary/aromatic N) is 2. The first-order chi connectivity index (χ1) is 13.5. The third kappa shape index (κ3) is 5.47. The molecule has 0 spiro atoms. The fourth-order valence-corrected chi connectivity index (χ4v) is 2.94. The van der Waals surface area contributed by atoms with Crippen molar-refractivity contribution in [3.05, 3.63) is 71.8 Å². The van der Waals surface area contributed by atoms with Gasteiger partial charge in [-0.15, -0.1) is 0 Å². The molecule has 1 N–H and O–H groups in total. The highest BCUT2D eigenvalue weighted by Gasteiger charge is 2.21. The SMILES string of the molecule is O=C(CN1CCN(C(=O)/C=C/c2ccccc2F)CC1)Nc1ccc(F)cc1. The monoisotopic (exact) mass is 385 g/mol. The second-order valence-corrected chi connectivity index (χ2v) is 6.51. The van der Waals surface area contributed by atoms with Gasteiger partial charge in [0.1, 0.15) is 11.6 Å². The van der Waals surface area contributed by atoms with Crippen molar-refractivity contribution in [2.45, 2.75) is 0 Å². The van der Waals surface area contributed by atoms with Crippen LogP contribution in [0.5, 0.6) is 0 Å². The normalized spacial score (nSPS) is 15.0. The maximum Gasteiger partial charge on any atom is 0.246 e. The molecule has 2 amide bonds. The predicted octanol–water partition coefficient (Wildman–Crippen LogP) is 2.76. The van der Waals surface area contributed by atoms with Crippen LogP contribution in [0.4, 0.5) is 14.5 Å². The molecule has 1 heterocycles. The van der Waals surface area contributed by atoms with Crippen molar-refractivity contribution in [1.82, 2.24) is 9.80 Å². The van der Waals surface area contributed by atoms with E-state index in [-0.39, 0.29) is 30.0 Å². The van der Waals surface area contributed by atoms with Gasteiger partial charge in [0.05, 0.1) is 6.54 Å². The Kier molecular flexibility index (Phi) is 6.49. The fraction of sp³-hybridized carbons (Fsp3) is 0.238. The number of hydrogen-bond acceptors (Lipinski definition) is 3. The van der Waals surface area contributed by atoms with Crippen molar-refractivity contribution in [2.24, 2.45) is 0 Å². The molecule has 0 aromatic heterocycles. The Bertz CT molecular complexity index is 860. The average Bonchev–Trinajstić information content (AvgIpc) is 2.69. The van der Waals surface area contributed by atoms with Crippen molar-refractivity contribution >= 4 is 23.6 Å². The molecule has 0 aliphatic carbocycles. The van der Waals surface area contributed by atoms with Gasteiger partial charge in [-0.2, -0.15) is 0 Å². The fourth-order valence-electron chi connectivity index (χ4n) is 2.94. The lowest BCUT2D eigenvalue weighted by molar-refractivity contribution is -0.127. The van der Waals surface area contributed by atoms with E-state index in [0.717, 1.165) is 0 Å². The lowest BCUT2D eigenvalue weighted by Gasteiger charge is -2.33. The Morgan fingerprint density at radius 1 is 0.964 bits per heavy atom. The van der Waals surface area contributed by atoms with Crippen LogP contribution in [0.1, 0.15) is 5.56 Å². The quantitative estimate of drug-likeness (QED) is 0.806. The number of anilines is 1. The molecule has 1 aliphatic heterocycles. The zero-order chi connectivity index (χ0) is 19.9. The maximum absolute atomic E-state index is 13.6. The number of amides is 2. The molecule has 3 rings (SSSR count). The van der Waals surface area contributed by atoms with E-state index < -0.39 is 0 Å². The summed E-state index contributed by atoms with van der Waals surface area (Å²) in [7, 11) is 0. The van der Waals surface area contributed by atoms with E-state index >= 15 is 0 Å². The first-order valence-corrected chi connectivity index (χ1v) is 9.00. The number of hydrogen-bond donors (Lipinski definition) is 1. The van der Waals surface area contributed by atoms with Gasteiger partial charge in [-0.3, -0.25) is 14.5 Å². The van der Waals surface area contributed by atoms with E-state index in [0.29, 0.717) is 37.4 Å². The molecule has 5 nitrogen and oxygen atoms in total. The molecule has 0 unspecified atom stereocenters. The molecule has 1 saturated heterocycles. The first-order valence-electron chi connectivity index (χ1n) is 9.00. The van der Waals surface area contributed by atoms with Crippen molar-refractivity contribution in [2.75, 3.05) is 38.0 Å². The Morgan fingerprint density at radius 2 is 1.64 bits per heavy atom.